The fourth-order valence-corrected chi connectivity index (χ4v) is 1.63. The molecular weight excluding hydrogens is 204 g/mol. The molecule has 0 atom stereocenters. The van der Waals surface area contributed by atoms with E-state index in [0.717, 1.165) is 45.3 Å². The van der Waals surface area contributed by atoms with E-state index in [1.165, 1.54) is 0 Å². The van der Waals surface area contributed by atoms with E-state index in [0.29, 0.717) is 13.2 Å². The van der Waals surface area contributed by atoms with Crippen molar-refractivity contribution in [2.45, 2.75) is 39.5 Å². The van der Waals surface area contributed by atoms with Gasteiger partial charge >= 0.3 is 5.97 Å². The van der Waals surface area contributed by atoms with Crippen molar-refractivity contribution in [2.75, 3.05) is 32.8 Å². The van der Waals surface area contributed by atoms with E-state index in [-0.39, 0.29) is 5.97 Å². The van der Waals surface area contributed by atoms with Crippen LogP contribution in [0.5, 0.6) is 0 Å². The van der Waals surface area contributed by atoms with Gasteiger partial charge in [-0.3, -0.25) is 9.69 Å². The van der Waals surface area contributed by atoms with Crippen LogP contribution >= 0.6 is 0 Å². The molecule has 0 saturated heterocycles. The molecule has 0 aromatic heterocycles. The summed E-state index contributed by atoms with van der Waals surface area (Å²) in [6.07, 6.45) is 4.38. The van der Waals surface area contributed by atoms with E-state index in [4.69, 9.17) is 10.5 Å². The first kappa shape index (κ1) is 15.4. The highest BCUT2D eigenvalue weighted by Crippen LogP contribution is 2.00. The second kappa shape index (κ2) is 10.9. The minimum Gasteiger partial charge on any atom is -0.465 e. The van der Waals surface area contributed by atoms with Crippen LogP contribution < -0.4 is 5.73 Å². The molecule has 0 saturated carbocycles. The topological polar surface area (TPSA) is 55.6 Å². The van der Waals surface area contributed by atoms with Crippen molar-refractivity contribution < 1.29 is 9.53 Å². The molecule has 0 aliphatic rings. The first-order valence-corrected chi connectivity index (χ1v) is 6.32. The Labute approximate surface area is 99.1 Å². The van der Waals surface area contributed by atoms with Crippen molar-refractivity contribution >= 4 is 5.97 Å². The van der Waals surface area contributed by atoms with Gasteiger partial charge in [-0.1, -0.05) is 13.3 Å². The summed E-state index contributed by atoms with van der Waals surface area (Å²) >= 11 is 0. The molecule has 0 radical (unpaired) electrons. The summed E-state index contributed by atoms with van der Waals surface area (Å²) in [5, 5.41) is 0. The maximum atomic E-state index is 11.3. The van der Waals surface area contributed by atoms with Gasteiger partial charge in [-0.15, -0.1) is 0 Å². The average Bonchev–Trinajstić information content (AvgIpc) is 2.25. The molecule has 0 spiro atoms. The van der Waals surface area contributed by atoms with Crippen LogP contribution in [0, 0.1) is 0 Å². The Bertz CT molecular complexity index is 174. The van der Waals surface area contributed by atoms with Gasteiger partial charge in [0.05, 0.1) is 13.2 Å². The van der Waals surface area contributed by atoms with E-state index in [1.54, 1.807) is 0 Å². The summed E-state index contributed by atoms with van der Waals surface area (Å²) in [4.78, 5) is 13.5. The molecule has 0 aromatic rings. The average molecular weight is 230 g/mol. The molecule has 0 aliphatic heterocycles. The number of nitrogens with two attached hydrogens (primary N) is 1. The van der Waals surface area contributed by atoms with E-state index < -0.39 is 0 Å². The van der Waals surface area contributed by atoms with Crippen molar-refractivity contribution in [2.24, 2.45) is 5.73 Å². The normalized spacial score (nSPS) is 10.8. The number of hydrogen-bond donors (Lipinski definition) is 1. The molecule has 0 heterocycles. The van der Waals surface area contributed by atoms with Gasteiger partial charge in [0.1, 0.15) is 0 Å². The predicted molar refractivity (Wildman–Crippen MR) is 66.3 cm³/mol. The summed E-state index contributed by atoms with van der Waals surface area (Å²) in [5.74, 6) is -0.116. The van der Waals surface area contributed by atoms with Crippen molar-refractivity contribution in [3.05, 3.63) is 0 Å². The molecule has 0 amide bonds. The lowest BCUT2D eigenvalue weighted by atomic mass is 10.2. The predicted octanol–water partition coefficient (Wildman–Crippen LogP) is 1.39. The second-order valence-electron chi connectivity index (χ2n) is 3.93. The quantitative estimate of drug-likeness (QED) is 0.455. The van der Waals surface area contributed by atoms with Crippen LogP contribution in [0.4, 0.5) is 0 Å². The Morgan fingerprint density at radius 2 is 1.94 bits per heavy atom. The van der Waals surface area contributed by atoms with Gasteiger partial charge in [0, 0.05) is 0 Å². The smallest absolute Gasteiger partial charge is 0.320 e. The Morgan fingerprint density at radius 1 is 1.19 bits per heavy atom. The van der Waals surface area contributed by atoms with Gasteiger partial charge in [0.2, 0.25) is 0 Å². The first-order chi connectivity index (χ1) is 7.74. The Morgan fingerprint density at radius 3 is 2.50 bits per heavy atom. The molecule has 16 heavy (non-hydrogen) atoms. The molecule has 0 aromatic carbocycles. The van der Waals surface area contributed by atoms with Gasteiger partial charge in [-0.25, -0.2) is 0 Å². The van der Waals surface area contributed by atoms with Crippen LogP contribution in [0.25, 0.3) is 0 Å². The van der Waals surface area contributed by atoms with Crippen molar-refractivity contribution in [3.8, 4) is 0 Å². The largest absolute Gasteiger partial charge is 0.465 e. The van der Waals surface area contributed by atoms with Gasteiger partial charge in [-0.2, -0.15) is 0 Å². The highest BCUT2D eigenvalue weighted by Gasteiger charge is 2.09. The lowest BCUT2D eigenvalue weighted by Gasteiger charge is -2.20. The van der Waals surface area contributed by atoms with Crippen molar-refractivity contribution in [1.82, 2.24) is 4.90 Å². The SMILES string of the molecule is CCCN(CCCCCN)CC(=O)OCC. The van der Waals surface area contributed by atoms with E-state index in [9.17, 15) is 4.79 Å². The summed E-state index contributed by atoms with van der Waals surface area (Å²) in [6.45, 7) is 7.53. The van der Waals surface area contributed by atoms with E-state index in [1.807, 2.05) is 6.92 Å². The molecular formula is C12H26N2O2. The van der Waals surface area contributed by atoms with E-state index >= 15 is 0 Å². The zero-order chi connectivity index (χ0) is 12.2. The number of carbonyl (C=O) groups is 1. The monoisotopic (exact) mass is 230 g/mol. The molecule has 0 aliphatic carbocycles. The minimum absolute atomic E-state index is 0.116. The number of nitrogens with zero attached hydrogens (tertiary/aromatic N) is 1. The molecule has 2 N–H and O–H groups in total. The summed E-state index contributed by atoms with van der Waals surface area (Å²) in [6, 6.07) is 0. The summed E-state index contributed by atoms with van der Waals surface area (Å²) in [7, 11) is 0. The fourth-order valence-electron chi connectivity index (χ4n) is 1.63. The Kier molecular flexibility index (Phi) is 10.5. The van der Waals surface area contributed by atoms with Crippen LogP contribution in [-0.4, -0.2) is 43.7 Å². The lowest BCUT2D eigenvalue weighted by Crippen LogP contribution is -2.32. The number of hydrogen-bond acceptors (Lipinski definition) is 4. The standard InChI is InChI=1S/C12H26N2O2/c1-3-9-14(10-7-5-6-8-13)11-12(15)16-4-2/h3-11,13H2,1-2H3. The molecule has 0 rings (SSSR count). The summed E-state index contributed by atoms with van der Waals surface area (Å²) in [5.41, 5.74) is 5.44. The molecule has 0 fully saturated rings. The van der Waals surface area contributed by atoms with Crippen molar-refractivity contribution in [3.63, 3.8) is 0 Å². The number of carbonyl (C=O) groups excluding carboxylic acids is 1. The third kappa shape index (κ3) is 8.68. The number of unbranched alkanes of at least 4 members (excludes halogenated alkanes) is 2. The highest BCUT2D eigenvalue weighted by molar-refractivity contribution is 5.71. The third-order valence-corrected chi connectivity index (χ3v) is 2.38. The van der Waals surface area contributed by atoms with Gasteiger partial charge in [-0.05, 0) is 45.8 Å². The number of rotatable bonds is 10. The minimum atomic E-state index is -0.116. The Hall–Kier alpha value is -0.610. The van der Waals surface area contributed by atoms with Gasteiger partial charge in [0.15, 0.2) is 0 Å². The van der Waals surface area contributed by atoms with Crippen LogP contribution in [0.1, 0.15) is 39.5 Å². The molecule has 96 valence electrons. The highest BCUT2D eigenvalue weighted by atomic mass is 16.5. The first-order valence-electron chi connectivity index (χ1n) is 6.32. The van der Waals surface area contributed by atoms with Crippen LogP contribution in [-0.2, 0) is 9.53 Å². The molecule has 0 unspecified atom stereocenters. The van der Waals surface area contributed by atoms with Crippen LogP contribution in [0.2, 0.25) is 0 Å². The second-order valence-corrected chi connectivity index (χ2v) is 3.93. The number of esters is 1. The lowest BCUT2D eigenvalue weighted by molar-refractivity contribution is -0.144. The molecule has 4 nitrogen and oxygen atoms in total. The fraction of sp³-hybridized carbons (Fsp3) is 0.917. The number of ether oxygens (including phenoxy) is 1. The molecule has 0 bridgehead atoms. The zero-order valence-corrected chi connectivity index (χ0v) is 10.7. The third-order valence-electron chi connectivity index (χ3n) is 2.38. The maximum absolute atomic E-state index is 11.3. The maximum Gasteiger partial charge on any atom is 0.320 e. The zero-order valence-electron chi connectivity index (χ0n) is 10.7. The summed E-state index contributed by atoms with van der Waals surface area (Å²) < 4.78 is 4.95. The molecule has 4 heteroatoms. The van der Waals surface area contributed by atoms with Crippen LogP contribution in [0.3, 0.4) is 0 Å². The Balaban J connectivity index is 3.73. The van der Waals surface area contributed by atoms with E-state index in [2.05, 4.69) is 11.8 Å². The van der Waals surface area contributed by atoms with Crippen LogP contribution in [0.15, 0.2) is 0 Å². The van der Waals surface area contributed by atoms with Crippen molar-refractivity contribution in [1.29, 1.82) is 0 Å². The van der Waals surface area contributed by atoms with Gasteiger partial charge < -0.3 is 10.5 Å². The van der Waals surface area contributed by atoms with Gasteiger partial charge in [0.25, 0.3) is 0 Å².